The van der Waals surface area contributed by atoms with Crippen LogP contribution in [0.25, 0.3) is 32.8 Å². The maximum Gasteiger partial charge on any atom is 0.318 e. The van der Waals surface area contributed by atoms with E-state index in [2.05, 4.69) is 25.7 Å². The van der Waals surface area contributed by atoms with Crippen molar-refractivity contribution in [3.05, 3.63) is 53.6 Å². The average molecular weight is 601 g/mol. The molecule has 0 amide bonds. The number of piperidine rings is 1. The minimum absolute atomic E-state index is 0.0165. The molecule has 9 heteroatoms. The Morgan fingerprint density at radius 3 is 2.45 bits per heavy atom. The molecule has 1 aromatic heterocycles. The van der Waals surface area contributed by atoms with E-state index in [0.717, 1.165) is 38.6 Å². The molecule has 4 aromatic rings. The SMILES string of the molecule is C#Cc1c(F)ccc2cc(O)cc(-c3ccc4c(N5C6CCCC5CC6)nc(OC)nc4c3F)c12.FC1CC2CCCN2C1. The summed E-state index contributed by atoms with van der Waals surface area (Å²) in [7, 11) is 1.46. The van der Waals surface area contributed by atoms with E-state index in [4.69, 9.17) is 11.2 Å². The van der Waals surface area contributed by atoms with E-state index in [1.807, 2.05) is 0 Å². The summed E-state index contributed by atoms with van der Waals surface area (Å²) < 4.78 is 48.8. The molecule has 44 heavy (non-hydrogen) atoms. The van der Waals surface area contributed by atoms with Crippen LogP contribution in [-0.2, 0) is 0 Å². The summed E-state index contributed by atoms with van der Waals surface area (Å²) in [6.07, 6.45) is 14.0. The zero-order chi connectivity index (χ0) is 30.5. The number of alkyl halides is 1. The summed E-state index contributed by atoms with van der Waals surface area (Å²) in [5.41, 5.74) is 0.588. The van der Waals surface area contributed by atoms with Crippen LogP contribution in [0.15, 0.2) is 36.4 Å². The van der Waals surface area contributed by atoms with Crippen molar-refractivity contribution in [3.8, 4) is 35.2 Å². The van der Waals surface area contributed by atoms with Crippen LogP contribution in [-0.4, -0.2) is 64.5 Å². The van der Waals surface area contributed by atoms with Crippen LogP contribution < -0.4 is 9.64 Å². The lowest BCUT2D eigenvalue weighted by atomic mass is 9.93. The molecule has 2 bridgehead atoms. The van der Waals surface area contributed by atoms with Gasteiger partial charge >= 0.3 is 6.01 Å². The number of nitrogens with zero attached hydrogens (tertiary/aromatic N) is 4. The van der Waals surface area contributed by atoms with Crippen molar-refractivity contribution in [2.45, 2.75) is 75.7 Å². The first-order valence-electron chi connectivity index (χ1n) is 15.5. The number of anilines is 1. The standard InChI is InChI=1S/C28H23F2N3O2.C7H12FN/c1-3-19-23(29)12-7-15-13-18(34)14-22(24(15)19)20-10-11-21-26(25(20)30)31-28(35-2)32-27(21)33-16-5-4-6-17(33)9-8-16;8-6-4-7-2-1-3-9(7)5-6/h1,7,10-14,16-17,34H,4-6,8-9H2,2H3;6-7H,1-5H2. The number of aromatic hydroxyl groups is 1. The van der Waals surface area contributed by atoms with Crippen LogP contribution in [0.2, 0.25) is 0 Å². The lowest BCUT2D eigenvalue weighted by molar-refractivity contribution is 0.292. The number of methoxy groups -OCH3 is 1. The van der Waals surface area contributed by atoms with Crippen molar-refractivity contribution in [1.29, 1.82) is 0 Å². The van der Waals surface area contributed by atoms with Crippen molar-refractivity contribution >= 4 is 27.5 Å². The Hall–Kier alpha value is -4.03. The van der Waals surface area contributed by atoms with E-state index in [-0.39, 0.29) is 28.4 Å². The Labute approximate surface area is 254 Å². The highest BCUT2D eigenvalue weighted by Gasteiger charge is 2.39. The van der Waals surface area contributed by atoms with Gasteiger partial charge in [-0.05, 0) is 93.1 Å². The zero-order valence-electron chi connectivity index (χ0n) is 24.7. The highest BCUT2D eigenvalue weighted by Crippen LogP contribution is 2.44. The van der Waals surface area contributed by atoms with Crippen molar-refractivity contribution in [2.75, 3.05) is 25.1 Å². The van der Waals surface area contributed by atoms with Gasteiger partial charge in [-0.2, -0.15) is 9.97 Å². The van der Waals surface area contributed by atoms with E-state index in [1.54, 1.807) is 12.1 Å². The second-order valence-electron chi connectivity index (χ2n) is 12.4. The molecule has 1 N–H and O–H groups in total. The molecule has 4 fully saturated rings. The Morgan fingerprint density at radius 1 is 0.955 bits per heavy atom. The molecule has 4 aliphatic heterocycles. The van der Waals surface area contributed by atoms with Crippen molar-refractivity contribution < 1.29 is 23.0 Å². The highest BCUT2D eigenvalue weighted by atomic mass is 19.1. The number of benzene rings is 3. The molecule has 4 unspecified atom stereocenters. The molecule has 8 rings (SSSR count). The largest absolute Gasteiger partial charge is 0.508 e. The number of fused-ring (bicyclic) bond motifs is 5. The van der Waals surface area contributed by atoms with Gasteiger partial charge in [0.1, 0.15) is 29.1 Å². The van der Waals surface area contributed by atoms with E-state index in [1.165, 1.54) is 50.6 Å². The first-order valence-corrected chi connectivity index (χ1v) is 15.5. The number of aromatic nitrogens is 2. The van der Waals surface area contributed by atoms with Crippen LogP contribution in [0.3, 0.4) is 0 Å². The van der Waals surface area contributed by atoms with Crippen LogP contribution in [0.1, 0.15) is 56.9 Å². The first-order chi connectivity index (χ1) is 21.4. The predicted molar refractivity (Wildman–Crippen MR) is 166 cm³/mol. The van der Waals surface area contributed by atoms with E-state index < -0.39 is 17.8 Å². The Bertz CT molecular complexity index is 1760. The van der Waals surface area contributed by atoms with Crippen molar-refractivity contribution in [3.63, 3.8) is 0 Å². The van der Waals surface area contributed by atoms with Gasteiger partial charge in [0.25, 0.3) is 0 Å². The van der Waals surface area contributed by atoms with Crippen molar-refractivity contribution in [1.82, 2.24) is 14.9 Å². The lowest BCUT2D eigenvalue weighted by Gasteiger charge is -2.36. The number of rotatable bonds is 3. The van der Waals surface area contributed by atoms with Gasteiger partial charge in [-0.15, -0.1) is 6.42 Å². The van der Waals surface area contributed by atoms with Gasteiger partial charge in [0.05, 0.1) is 12.7 Å². The van der Waals surface area contributed by atoms with Gasteiger partial charge in [0.2, 0.25) is 0 Å². The van der Waals surface area contributed by atoms with Gasteiger partial charge in [-0.3, -0.25) is 4.90 Å². The number of ether oxygens (including phenoxy) is 1. The fourth-order valence-corrected chi connectivity index (χ4v) is 7.89. The monoisotopic (exact) mass is 600 g/mol. The van der Waals surface area contributed by atoms with Gasteiger partial charge in [0, 0.05) is 41.0 Å². The second kappa shape index (κ2) is 11.5. The molecule has 6 nitrogen and oxygen atoms in total. The Morgan fingerprint density at radius 2 is 1.73 bits per heavy atom. The van der Waals surface area contributed by atoms with Crippen LogP contribution in [0.4, 0.5) is 19.0 Å². The van der Waals surface area contributed by atoms with Crippen LogP contribution in [0, 0.1) is 24.0 Å². The molecule has 0 radical (unpaired) electrons. The Balaban J connectivity index is 0.000000296. The van der Waals surface area contributed by atoms with Gasteiger partial charge in [0.15, 0.2) is 5.82 Å². The second-order valence-corrected chi connectivity index (χ2v) is 12.4. The third-order valence-electron chi connectivity index (χ3n) is 9.83. The third-order valence-corrected chi connectivity index (χ3v) is 9.83. The molecular weight excluding hydrogens is 565 g/mol. The molecule has 0 spiro atoms. The lowest BCUT2D eigenvalue weighted by Crippen LogP contribution is -2.40. The van der Waals surface area contributed by atoms with Gasteiger partial charge < -0.3 is 14.7 Å². The summed E-state index contributed by atoms with van der Waals surface area (Å²) in [6, 6.07) is 10.5. The minimum Gasteiger partial charge on any atom is -0.508 e. The number of phenolic OH excluding ortho intramolecular Hbond substituents is 1. The quantitative estimate of drug-likeness (QED) is 0.252. The molecule has 3 aromatic carbocycles. The predicted octanol–water partition coefficient (Wildman–Crippen LogP) is 7.14. The fourth-order valence-electron chi connectivity index (χ4n) is 7.89. The van der Waals surface area contributed by atoms with Crippen LogP contribution in [0.5, 0.6) is 11.8 Å². The zero-order valence-corrected chi connectivity index (χ0v) is 24.7. The summed E-state index contributed by atoms with van der Waals surface area (Å²) in [4.78, 5) is 13.6. The van der Waals surface area contributed by atoms with Crippen molar-refractivity contribution in [2.24, 2.45) is 0 Å². The summed E-state index contributed by atoms with van der Waals surface area (Å²) in [5.74, 6) is 1.80. The normalized spacial score (nSPS) is 24.3. The van der Waals surface area contributed by atoms with E-state index in [9.17, 15) is 13.9 Å². The molecule has 0 saturated carbocycles. The van der Waals surface area contributed by atoms with Gasteiger partial charge in [-0.1, -0.05) is 18.1 Å². The van der Waals surface area contributed by atoms with Gasteiger partial charge in [-0.25, -0.2) is 13.2 Å². The molecule has 4 atom stereocenters. The summed E-state index contributed by atoms with van der Waals surface area (Å²) in [5, 5.41) is 11.8. The number of phenols is 1. The molecule has 0 aliphatic carbocycles. The maximum absolute atomic E-state index is 16.2. The number of hydrogen-bond donors (Lipinski definition) is 1. The Kier molecular flexibility index (Phi) is 7.49. The molecule has 228 valence electrons. The minimum atomic E-state index is -0.604. The summed E-state index contributed by atoms with van der Waals surface area (Å²) >= 11 is 0. The average Bonchev–Trinajstić information content (AvgIpc) is 3.67. The summed E-state index contributed by atoms with van der Waals surface area (Å²) in [6.45, 7) is 1.86. The topological polar surface area (TPSA) is 61.7 Å². The first kappa shape index (κ1) is 28.7. The smallest absolute Gasteiger partial charge is 0.318 e. The maximum atomic E-state index is 16.2. The molecule has 4 aliphatic rings. The third kappa shape index (κ3) is 4.89. The molecule has 4 saturated heterocycles. The van der Waals surface area contributed by atoms with E-state index >= 15 is 4.39 Å². The fraction of sp³-hybridized carbons (Fsp3) is 0.429. The number of hydrogen-bond acceptors (Lipinski definition) is 6. The molecule has 5 heterocycles. The number of halogens is 3. The van der Waals surface area contributed by atoms with E-state index in [0.29, 0.717) is 52.2 Å². The molecular formula is C35H35F3N4O2. The number of terminal acetylenes is 1. The van der Waals surface area contributed by atoms with Crippen LogP contribution >= 0.6 is 0 Å². The highest BCUT2D eigenvalue weighted by molar-refractivity contribution is 6.04.